The predicted octanol–water partition coefficient (Wildman–Crippen LogP) is 2.03. The monoisotopic (exact) mass is 271 g/mol. The molecule has 0 aliphatic carbocycles. The van der Waals surface area contributed by atoms with Crippen LogP contribution in [0, 0.1) is 5.92 Å². The number of rotatable bonds is 3. The van der Waals surface area contributed by atoms with Crippen molar-refractivity contribution in [2.45, 2.75) is 13.3 Å². The molecule has 7 heteroatoms. The fraction of sp³-hybridized carbons (Fsp3) is 0.500. The molecule has 2 heterocycles. The van der Waals surface area contributed by atoms with Crippen molar-refractivity contribution in [1.29, 1.82) is 0 Å². The lowest BCUT2D eigenvalue weighted by Crippen LogP contribution is -2.22. The van der Waals surface area contributed by atoms with E-state index in [1.807, 2.05) is 0 Å². The Kier molecular flexibility index (Phi) is 4.01. The number of carbonyl (C=O) groups excluding carboxylic acids is 1. The van der Waals surface area contributed by atoms with E-state index < -0.39 is 0 Å². The van der Waals surface area contributed by atoms with Crippen molar-refractivity contribution in [3.8, 4) is 0 Å². The number of aromatic nitrogens is 1. The molecule has 1 unspecified atom stereocenters. The average Bonchev–Trinajstić information content (AvgIpc) is 2.98. The van der Waals surface area contributed by atoms with Crippen molar-refractivity contribution < 1.29 is 10.0 Å². The molecule has 1 fully saturated rings. The second-order valence-electron chi connectivity index (χ2n) is 3.77. The Morgan fingerprint density at radius 1 is 1.71 bits per heavy atom. The van der Waals surface area contributed by atoms with Crippen molar-refractivity contribution in [2.75, 3.05) is 16.8 Å². The number of anilines is 1. The topological polar surface area (TPSA) is 74.6 Å². The van der Waals surface area contributed by atoms with E-state index in [4.69, 9.17) is 5.21 Å². The smallest absolute Gasteiger partial charge is 0.230 e. The molecule has 1 amide bonds. The van der Waals surface area contributed by atoms with Gasteiger partial charge in [0.05, 0.1) is 0 Å². The summed E-state index contributed by atoms with van der Waals surface area (Å²) in [7, 11) is 0. The molecule has 1 aromatic heterocycles. The molecule has 0 aromatic carbocycles. The van der Waals surface area contributed by atoms with Crippen LogP contribution in [0.1, 0.15) is 19.0 Å². The molecule has 0 saturated carbocycles. The van der Waals surface area contributed by atoms with Crippen LogP contribution in [0.25, 0.3) is 0 Å². The number of hydrogen-bond acceptors (Lipinski definition) is 6. The van der Waals surface area contributed by atoms with E-state index in [0.29, 0.717) is 16.5 Å². The molecule has 0 spiro atoms. The van der Waals surface area contributed by atoms with E-state index in [0.717, 1.165) is 17.9 Å². The summed E-state index contributed by atoms with van der Waals surface area (Å²) < 4.78 is 0. The molecular formula is C10H13N3O2S2. The summed E-state index contributed by atoms with van der Waals surface area (Å²) >= 11 is 3.14. The number of nitrogens with zero attached hydrogens (tertiary/aromatic N) is 2. The molecule has 92 valence electrons. The molecule has 2 N–H and O–H groups in total. The first kappa shape index (κ1) is 12.4. The van der Waals surface area contributed by atoms with Gasteiger partial charge in [-0.3, -0.25) is 4.79 Å². The summed E-state index contributed by atoms with van der Waals surface area (Å²) in [4.78, 5) is 16.0. The number of thiazole rings is 1. The zero-order chi connectivity index (χ0) is 12.3. The third-order valence-corrected chi connectivity index (χ3v) is 4.48. The summed E-state index contributed by atoms with van der Waals surface area (Å²) in [6, 6.07) is 0. The second kappa shape index (κ2) is 5.50. The fourth-order valence-corrected chi connectivity index (χ4v) is 3.47. The van der Waals surface area contributed by atoms with E-state index in [2.05, 4.69) is 15.5 Å². The number of oxime groups is 1. The van der Waals surface area contributed by atoms with Crippen LogP contribution in [0.3, 0.4) is 0 Å². The Morgan fingerprint density at radius 2 is 2.53 bits per heavy atom. The van der Waals surface area contributed by atoms with Crippen LogP contribution in [0.2, 0.25) is 0 Å². The largest absolute Gasteiger partial charge is 0.411 e. The SMILES string of the molecule is CC(=NO)c1csc(NC(=O)C2CCSC2)n1. The summed E-state index contributed by atoms with van der Waals surface area (Å²) in [6.45, 7) is 1.66. The van der Waals surface area contributed by atoms with Gasteiger partial charge in [-0.05, 0) is 19.1 Å². The lowest BCUT2D eigenvalue weighted by molar-refractivity contribution is -0.119. The fourth-order valence-electron chi connectivity index (χ4n) is 1.50. The first-order valence-electron chi connectivity index (χ1n) is 5.24. The summed E-state index contributed by atoms with van der Waals surface area (Å²) in [6.07, 6.45) is 0.936. The highest BCUT2D eigenvalue weighted by atomic mass is 32.2. The third kappa shape index (κ3) is 2.98. The van der Waals surface area contributed by atoms with Crippen LogP contribution in [-0.4, -0.2) is 33.3 Å². The summed E-state index contributed by atoms with van der Waals surface area (Å²) in [5, 5.41) is 16.8. The van der Waals surface area contributed by atoms with Gasteiger partial charge in [-0.15, -0.1) is 11.3 Å². The predicted molar refractivity (Wildman–Crippen MR) is 70.2 cm³/mol. The standard InChI is InChI=1S/C10H13N3O2S2/c1-6(13-15)8-5-17-10(11-8)12-9(14)7-2-3-16-4-7/h5,7,15H,2-4H2,1H3,(H,11,12,14). The van der Waals surface area contributed by atoms with Gasteiger partial charge in [0.25, 0.3) is 0 Å². The number of amides is 1. The van der Waals surface area contributed by atoms with E-state index in [-0.39, 0.29) is 11.8 Å². The van der Waals surface area contributed by atoms with E-state index in [9.17, 15) is 4.79 Å². The van der Waals surface area contributed by atoms with Crippen molar-refractivity contribution in [3.05, 3.63) is 11.1 Å². The molecule has 2 rings (SSSR count). The maximum atomic E-state index is 11.8. The van der Waals surface area contributed by atoms with Gasteiger partial charge >= 0.3 is 0 Å². The van der Waals surface area contributed by atoms with Crippen LogP contribution in [0.4, 0.5) is 5.13 Å². The van der Waals surface area contributed by atoms with Gasteiger partial charge in [-0.2, -0.15) is 11.8 Å². The molecule has 0 radical (unpaired) electrons. The minimum absolute atomic E-state index is 0.0366. The van der Waals surface area contributed by atoms with Crippen LogP contribution >= 0.6 is 23.1 Å². The maximum Gasteiger partial charge on any atom is 0.230 e. The molecule has 5 nitrogen and oxygen atoms in total. The number of thioether (sulfide) groups is 1. The van der Waals surface area contributed by atoms with E-state index >= 15 is 0 Å². The van der Waals surface area contributed by atoms with Crippen molar-refractivity contribution in [3.63, 3.8) is 0 Å². The molecule has 17 heavy (non-hydrogen) atoms. The normalized spacial score (nSPS) is 20.5. The Morgan fingerprint density at radius 3 is 3.18 bits per heavy atom. The summed E-state index contributed by atoms with van der Waals surface area (Å²) in [5.74, 6) is 2.08. The molecule has 1 aliphatic rings. The summed E-state index contributed by atoms with van der Waals surface area (Å²) in [5.41, 5.74) is 1.03. The minimum Gasteiger partial charge on any atom is -0.411 e. The van der Waals surface area contributed by atoms with Crippen LogP contribution < -0.4 is 5.32 Å². The number of nitrogens with one attached hydrogen (secondary N) is 1. The van der Waals surface area contributed by atoms with Crippen molar-refractivity contribution >= 4 is 39.8 Å². The Hall–Kier alpha value is -1.08. The van der Waals surface area contributed by atoms with Gasteiger partial charge in [0.1, 0.15) is 11.4 Å². The van der Waals surface area contributed by atoms with Crippen LogP contribution in [0.5, 0.6) is 0 Å². The van der Waals surface area contributed by atoms with Crippen molar-refractivity contribution in [1.82, 2.24) is 4.98 Å². The second-order valence-corrected chi connectivity index (χ2v) is 5.78. The molecular weight excluding hydrogens is 258 g/mol. The molecule has 1 aliphatic heterocycles. The van der Waals surface area contributed by atoms with Crippen molar-refractivity contribution in [2.24, 2.45) is 11.1 Å². The maximum absolute atomic E-state index is 11.8. The van der Waals surface area contributed by atoms with E-state index in [1.54, 1.807) is 24.1 Å². The molecule has 1 aromatic rings. The number of carbonyl (C=O) groups is 1. The zero-order valence-corrected chi connectivity index (χ0v) is 11.0. The third-order valence-electron chi connectivity index (χ3n) is 2.56. The molecule has 1 atom stereocenters. The number of hydrogen-bond donors (Lipinski definition) is 2. The molecule has 1 saturated heterocycles. The Bertz CT molecular complexity index is 439. The van der Waals surface area contributed by atoms with Gasteiger partial charge in [0.2, 0.25) is 5.91 Å². The Balaban J connectivity index is 1.99. The molecule has 0 bridgehead atoms. The Labute approximate surface area is 107 Å². The highest BCUT2D eigenvalue weighted by Crippen LogP contribution is 2.25. The first-order valence-corrected chi connectivity index (χ1v) is 7.27. The van der Waals surface area contributed by atoms with Crippen LogP contribution in [-0.2, 0) is 4.79 Å². The highest BCUT2D eigenvalue weighted by molar-refractivity contribution is 7.99. The van der Waals surface area contributed by atoms with Gasteiger partial charge in [-0.25, -0.2) is 4.98 Å². The lowest BCUT2D eigenvalue weighted by atomic mass is 10.1. The quantitative estimate of drug-likeness (QED) is 0.501. The van der Waals surface area contributed by atoms with E-state index in [1.165, 1.54) is 11.3 Å². The minimum atomic E-state index is 0.0366. The van der Waals surface area contributed by atoms with Gasteiger partial charge in [0.15, 0.2) is 5.13 Å². The highest BCUT2D eigenvalue weighted by Gasteiger charge is 2.23. The first-order chi connectivity index (χ1) is 8.20. The van der Waals surface area contributed by atoms with Gasteiger partial charge in [-0.1, -0.05) is 5.16 Å². The van der Waals surface area contributed by atoms with Gasteiger partial charge < -0.3 is 10.5 Å². The zero-order valence-electron chi connectivity index (χ0n) is 9.34. The lowest BCUT2D eigenvalue weighted by Gasteiger charge is -2.06. The van der Waals surface area contributed by atoms with Gasteiger partial charge in [0, 0.05) is 17.1 Å². The average molecular weight is 271 g/mol. The van der Waals surface area contributed by atoms with Crippen LogP contribution in [0.15, 0.2) is 10.5 Å².